The van der Waals surface area contributed by atoms with E-state index in [1.165, 1.54) is 0 Å². The van der Waals surface area contributed by atoms with Crippen LogP contribution in [0.2, 0.25) is 0 Å². The Morgan fingerprint density at radius 1 is 1.31 bits per heavy atom. The molecule has 0 aliphatic carbocycles. The van der Waals surface area contributed by atoms with Crippen molar-refractivity contribution >= 4 is 10.1 Å². The number of benzene rings is 1. The van der Waals surface area contributed by atoms with Crippen molar-refractivity contribution in [3.8, 4) is 0 Å². The highest BCUT2D eigenvalue weighted by molar-refractivity contribution is 7.86. The van der Waals surface area contributed by atoms with Crippen LogP contribution < -0.4 is 5.73 Å². The molecule has 0 aromatic heterocycles. The Morgan fingerprint density at radius 3 is 2.44 bits per heavy atom. The minimum Gasteiger partial charge on any atom is -0.375 e. The van der Waals surface area contributed by atoms with Gasteiger partial charge >= 0.3 is 0 Å². The average Bonchev–Trinajstić information content (AvgIpc) is 2.24. The molecule has 1 unspecified atom stereocenters. The molecule has 0 fully saturated rings. The second-order valence-corrected chi connectivity index (χ2v) is 5.07. The third-order valence-electron chi connectivity index (χ3n) is 2.10. The fourth-order valence-corrected chi connectivity index (χ4v) is 1.67. The van der Waals surface area contributed by atoms with Crippen LogP contribution in [0.5, 0.6) is 0 Å². The number of nitrogens with two attached hydrogens (primary N) is 1. The topological polar surface area (TPSA) is 89.6 Å². The first-order valence-electron chi connectivity index (χ1n) is 4.82. The summed E-state index contributed by atoms with van der Waals surface area (Å²) >= 11 is 0. The lowest BCUT2D eigenvalue weighted by atomic mass is 10.2. The van der Waals surface area contributed by atoms with Gasteiger partial charge in [0.2, 0.25) is 0 Å². The van der Waals surface area contributed by atoms with E-state index in [0.29, 0.717) is 6.61 Å². The predicted octanol–water partition coefficient (Wildman–Crippen LogP) is 0.418. The molecule has 0 saturated heterocycles. The second-order valence-electron chi connectivity index (χ2n) is 3.37. The Labute approximate surface area is 95.0 Å². The molecule has 0 spiro atoms. The zero-order valence-corrected chi connectivity index (χ0v) is 9.56. The fourth-order valence-electron chi connectivity index (χ4n) is 1.16. The molecular weight excluding hydrogens is 230 g/mol. The fraction of sp³-hybridized carbons (Fsp3) is 0.400. The average molecular weight is 245 g/mol. The van der Waals surface area contributed by atoms with Crippen molar-refractivity contribution in [1.29, 1.82) is 0 Å². The molecule has 1 aromatic carbocycles. The summed E-state index contributed by atoms with van der Waals surface area (Å²) in [5.74, 6) is 0. The normalized spacial score (nSPS) is 13.6. The van der Waals surface area contributed by atoms with Gasteiger partial charge in [-0.25, -0.2) is 0 Å². The van der Waals surface area contributed by atoms with Crippen LogP contribution in [0.25, 0.3) is 0 Å². The maximum absolute atomic E-state index is 10.8. The molecular formula is C10H15NO4S. The molecule has 1 aromatic rings. The monoisotopic (exact) mass is 245 g/mol. The SMILES string of the molecule is NCC(COCc1ccccc1)S(=O)(=O)O. The smallest absolute Gasteiger partial charge is 0.271 e. The van der Waals surface area contributed by atoms with E-state index in [1.807, 2.05) is 30.3 Å². The highest BCUT2D eigenvalue weighted by Gasteiger charge is 2.21. The van der Waals surface area contributed by atoms with Crippen LogP contribution in [-0.2, 0) is 21.5 Å². The van der Waals surface area contributed by atoms with E-state index in [0.717, 1.165) is 5.56 Å². The molecule has 6 heteroatoms. The van der Waals surface area contributed by atoms with Gasteiger partial charge in [-0.2, -0.15) is 8.42 Å². The lowest BCUT2D eigenvalue weighted by Crippen LogP contribution is -2.33. The van der Waals surface area contributed by atoms with E-state index in [-0.39, 0.29) is 13.2 Å². The van der Waals surface area contributed by atoms with Gasteiger partial charge in [0.05, 0.1) is 13.2 Å². The summed E-state index contributed by atoms with van der Waals surface area (Å²) in [5.41, 5.74) is 6.16. The summed E-state index contributed by atoms with van der Waals surface area (Å²) in [6.07, 6.45) is 0. The lowest BCUT2D eigenvalue weighted by molar-refractivity contribution is 0.120. The molecule has 90 valence electrons. The quantitative estimate of drug-likeness (QED) is 0.709. The van der Waals surface area contributed by atoms with Gasteiger partial charge in [-0.15, -0.1) is 0 Å². The van der Waals surface area contributed by atoms with Gasteiger partial charge in [0.1, 0.15) is 5.25 Å². The van der Waals surface area contributed by atoms with Gasteiger partial charge in [0.15, 0.2) is 0 Å². The Kier molecular flexibility index (Phi) is 4.88. The summed E-state index contributed by atoms with van der Waals surface area (Å²) in [5, 5.41) is -1.06. The molecule has 0 aliphatic rings. The Hall–Kier alpha value is -0.950. The number of ether oxygens (including phenoxy) is 1. The minimum atomic E-state index is -4.12. The standard InChI is InChI=1S/C10H15NO4S/c11-6-10(16(12,13)14)8-15-7-9-4-2-1-3-5-9/h1-5,10H,6-8,11H2,(H,12,13,14). The summed E-state index contributed by atoms with van der Waals surface area (Å²) < 4.78 is 35.6. The van der Waals surface area contributed by atoms with E-state index in [9.17, 15) is 8.42 Å². The lowest BCUT2D eigenvalue weighted by Gasteiger charge is -2.11. The van der Waals surface area contributed by atoms with E-state index in [4.69, 9.17) is 15.0 Å². The summed E-state index contributed by atoms with van der Waals surface area (Å²) in [7, 11) is -4.12. The van der Waals surface area contributed by atoms with Gasteiger partial charge in [-0.05, 0) is 5.56 Å². The molecule has 5 nitrogen and oxygen atoms in total. The molecule has 3 N–H and O–H groups in total. The van der Waals surface area contributed by atoms with Crippen LogP contribution in [0.4, 0.5) is 0 Å². The molecule has 0 amide bonds. The van der Waals surface area contributed by atoms with Crippen molar-refractivity contribution in [2.75, 3.05) is 13.2 Å². The van der Waals surface area contributed by atoms with Crippen LogP contribution in [-0.4, -0.2) is 31.4 Å². The van der Waals surface area contributed by atoms with Crippen LogP contribution >= 0.6 is 0 Å². The van der Waals surface area contributed by atoms with Crippen molar-refractivity contribution in [2.24, 2.45) is 5.73 Å². The Balaban J connectivity index is 2.41. The van der Waals surface area contributed by atoms with Gasteiger partial charge in [-0.1, -0.05) is 30.3 Å². The summed E-state index contributed by atoms with van der Waals surface area (Å²) in [6.45, 7) is 0.0325. The van der Waals surface area contributed by atoms with E-state index in [2.05, 4.69) is 0 Å². The van der Waals surface area contributed by atoms with Crippen molar-refractivity contribution < 1.29 is 17.7 Å². The Bertz CT molecular complexity index is 404. The largest absolute Gasteiger partial charge is 0.375 e. The maximum atomic E-state index is 10.8. The molecule has 0 aliphatic heterocycles. The van der Waals surface area contributed by atoms with Gasteiger partial charge in [0, 0.05) is 6.54 Å². The Morgan fingerprint density at radius 2 is 1.94 bits per heavy atom. The molecule has 1 atom stereocenters. The van der Waals surface area contributed by atoms with Gasteiger partial charge in [0.25, 0.3) is 10.1 Å². The molecule has 0 radical (unpaired) electrons. The van der Waals surface area contributed by atoms with Crippen molar-refractivity contribution in [2.45, 2.75) is 11.9 Å². The third-order valence-corrected chi connectivity index (χ3v) is 3.27. The highest BCUT2D eigenvalue weighted by atomic mass is 32.2. The van der Waals surface area contributed by atoms with Crippen LogP contribution in [0.1, 0.15) is 5.56 Å². The predicted molar refractivity (Wildman–Crippen MR) is 60.5 cm³/mol. The van der Waals surface area contributed by atoms with E-state index in [1.54, 1.807) is 0 Å². The summed E-state index contributed by atoms with van der Waals surface area (Å²) in [6, 6.07) is 9.34. The first-order chi connectivity index (χ1) is 7.54. The molecule has 0 bridgehead atoms. The van der Waals surface area contributed by atoms with Crippen LogP contribution in [0.15, 0.2) is 30.3 Å². The van der Waals surface area contributed by atoms with Crippen LogP contribution in [0, 0.1) is 0 Å². The van der Waals surface area contributed by atoms with E-state index >= 15 is 0 Å². The van der Waals surface area contributed by atoms with E-state index < -0.39 is 15.4 Å². The molecule has 1 rings (SSSR count). The molecule has 0 heterocycles. The highest BCUT2D eigenvalue weighted by Crippen LogP contribution is 2.03. The third kappa shape index (κ3) is 4.28. The first kappa shape index (κ1) is 13.1. The van der Waals surface area contributed by atoms with Crippen molar-refractivity contribution in [1.82, 2.24) is 0 Å². The van der Waals surface area contributed by atoms with Crippen LogP contribution in [0.3, 0.4) is 0 Å². The zero-order valence-electron chi connectivity index (χ0n) is 8.74. The maximum Gasteiger partial charge on any atom is 0.271 e. The second kappa shape index (κ2) is 5.95. The number of hydrogen-bond donors (Lipinski definition) is 2. The zero-order chi connectivity index (χ0) is 12.0. The summed E-state index contributed by atoms with van der Waals surface area (Å²) in [4.78, 5) is 0. The number of rotatable bonds is 6. The number of hydrogen-bond acceptors (Lipinski definition) is 4. The minimum absolute atomic E-state index is 0.107. The van der Waals surface area contributed by atoms with Gasteiger partial charge in [-0.3, -0.25) is 4.55 Å². The van der Waals surface area contributed by atoms with Crippen molar-refractivity contribution in [3.05, 3.63) is 35.9 Å². The molecule has 16 heavy (non-hydrogen) atoms. The first-order valence-corrected chi connectivity index (χ1v) is 6.32. The van der Waals surface area contributed by atoms with Gasteiger partial charge < -0.3 is 10.5 Å². The van der Waals surface area contributed by atoms with Crippen molar-refractivity contribution in [3.63, 3.8) is 0 Å². The molecule has 0 saturated carbocycles.